The van der Waals surface area contributed by atoms with Crippen LogP contribution in [0.2, 0.25) is 0 Å². The quantitative estimate of drug-likeness (QED) is 0.444. The summed E-state index contributed by atoms with van der Waals surface area (Å²) in [6.07, 6.45) is 4.18. The molecule has 0 aliphatic carbocycles. The molecule has 0 spiro atoms. The van der Waals surface area contributed by atoms with Crippen molar-refractivity contribution >= 4 is 5.97 Å². The third-order valence-corrected chi connectivity index (χ3v) is 3.91. The lowest BCUT2D eigenvalue weighted by Gasteiger charge is -2.29. The van der Waals surface area contributed by atoms with Gasteiger partial charge in [-0.3, -0.25) is 4.79 Å². The van der Waals surface area contributed by atoms with Gasteiger partial charge in [0.2, 0.25) is 0 Å². The van der Waals surface area contributed by atoms with Crippen molar-refractivity contribution in [1.29, 1.82) is 0 Å². The Morgan fingerprint density at radius 1 is 1.19 bits per heavy atom. The summed E-state index contributed by atoms with van der Waals surface area (Å²) >= 11 is 0. The Kier molecular flexibility index (Phi) is 10.7. The van der Waals surface area contributed by atoms with Gasteiger partial charge in [-0.1, -0.05) is 13.8 Å². The zero-order chi connectivity index (χ0) is 16.3. The van der Waals surface area contributed by atoms with Crippen molar-refractivity contribution < 1.29 is 9.53 Å². The average Bonchev–Trinajstić information content (AvgIpc) is 2.42. The number of carbonyl (C=O) groups excluding carboxylic acids is 1. The molecule has 0 saturated carbocycles. The van der Waals surface area contributed by atoms with Gasteiger partial charge in [-0.05, 0) is 73.0 Å². The standard InChI is InChI=1S/C17H36N2O2/c1-7-13-19(15(4)5)14-11-10-12-17(6,18-8-2)16(20)21-9-3/h15,18H,7-14H2,1-6H3. The van der Waals surface area contributed by atoms with E-state index in [9.17, 15) is 4.79 Å². The van der Waals surface area contributed by atoms with E-state index in [2.05, 4.69) is 31.0 Å². The zero-order valence-corrected chi connectivity index (χ0v) is 15.0. The summed E-state index contributed by atoms with van der Waals surface area (Å²) in [5, 5.41) is 3.29. The van der Waals surface area contributed by atoms with E-state index in [-0.39, 0.29) is 5.97 Å². The second kappa shape index (κ2) is 11.0. The van der Waals surface area contributed by atoms with E-state index in [1.807, 2.05) is 20.8 Å². The summed E-state index contributed by atoms with van der Waals surface area (Å²) in [6.45, 7) is 16.0. The zero-order valence-electron chi connectivity index (χ0n) is 15.0. The van der Waals surface area contributed by atoms with Crippen molar-refractivity contribution in [2.24, 2.45) is 0 Å². The minimum Gasteiger partial charge on any atom is -0.465 e. The molecule has 21 heavy (non-hydrogen) atoms. The lowest BCUT2D eigenvalue weighted by atomic mass is 9.94. The molecule has 4 heteroatoms. The predicted octanol–water partition coefficient (Wildman–Crippen LogP) is 3.21. The topological polar surface area (TPSA) is 41.6 Å². The van der Waals surface area contributed by atoms with E-state index >= 15 is 0 Å². The van der Waals surface area contributed by atoms with E-state index in [1.165, 1.54) is 6.42 Å². The Morgan fingerprint density at radius 3 is 2.33 bits per heavy atom. The summed E-state index contributed by atoms with van der Waals surface area (Å²) < 4.78 is 5.20. The van der Waals surface area contributed by atoms with E-state index in [4.69, 9.17) is 4.74 Å². The molecule has 1 unspecified atom stereocenters. The monoisotopic (exact) mass is 300 g/mol. The summed E-state index contributed by atoms with van der Waals surface area (Å²) in [6, 6.07) is 0.593. The van der Waals surface area contributed by atoms with Gasteiger partial charge in [0.15, 0.2) is 0 Å². The number of nitrogens with zero attached hydrogens (tertiary/aromatic N) is 1. The summed E-state index contributed by atoms with van der Waals surface area (Å²) in [5.41, 5.74) is -0.543. The lowest BCUT2D eigenvalue weighted by Crippen LogP contribution is -2.50. The van der Waals surface area contributed by atoms with Crippen LogP contribution >= 0.6 is 0 Å². The first kappa shape index (κ1) is 20.4. The molecule has 0 aromatic heterocycles. The number of likely N-dealkylation sites (N-methyl/N-ethyl adjacent to an activating group) is 1. The number of hydrogen-bond acceptors (Lipinski definition) is 4. The number of carbonyl (C=O) groups is 1. The van der Waals surface area contributed by atoms with Crippen LogP contribution < -0.4 is 5.32 Å². The molecule has 0 saturated heterocycles. The van der Waals surface area contributed by atoms with Gasteiger partial charge < -0.3 is 15.0 Å². The first-order valence-corrected chi connectivity index (χ1v) is 8.57. The largest absolute Gasteiger partial charge is 0.465 e. The molecule has 0 bridgehead atoms. The molecule has 0 aliphatic rings. The SMILES string of the molecule is CCCN(CCCCC(C)(NCC)C(=O)OCC)C(C)C. The highest BCUT2D eigenvalue weighted by Gasteiger charge is 2.33. The highest BCUT2D eigenvalue weighted by atomic mass is 16.5. The Hall–Kier alpha value is -0.610. The molecule has 1 atom stereocenters. The Labute approximate surface area is 131 Å². The fourth-order valence-corrected chi connectivity index (χ4v) is 2.65. The molecule has 0 rings (SSSR count). The van der Waals surface area contributed by atoms with Crippen molar-refractivity contribution in [2.45, 2.75) is 78.8 Å². The maximum absolute atomic E-state index is 12.1. The molecule has 0 fully saturated rings. The maximum Gasteiger partial charge on any atom is 0.326 e. The Bertz CT molecular complexity index is 282. The van der Waals surface area contributed by atoms with Crippen molar-refractivity contribution in [3.05, 3.63) is 0 Å². The Balaban J connectivity index is 4.28. The predicted molar refractivity (Wildman–Crippen MR) is 89.6 cm³/mol. The number of unbranched alkanes of at least 4 members (excludes halogenated alkanes) is 1. The minimum atomic E-state index is -0.543. The number of rotatable bonds is 12. The third kappa shape index (κ3) is 7.82. The van der Waals surface area contributed by atoms with Crippen LogP contribution in [0.25, 0.3) is 0 Å². The summed E-state index contributed by atoms with van der Waals surface area (Å²) in [4.78, 5) is 14.6. The van der Waals surface area contributed by atoms with Crippen LogP contribution in [0.3, 0.4) is 0 Å². The van der Waals surface area contributed by atoms with E-state index in [0.29, 0.717) is 12.6 Å². The van der Waals surface area contributed by atoms with Crippen LogP contribution in [-0.4, -0.2) is 48.7 Å². The van der Waals surface area contributed by atoms with E-state index < -0.39 is 5.54 Å². The van der Waals surface area contributed by atoms with Crippen LogP contribution in [-0.2, 0) is 9.53 Å². The molecule has 1 N–H and O–H groups in total. The van der Waals surface area contributed by atoms with E-state index in [1.54, 1.807) is 0 Å². The fourth-order valence-electron chi connectivity index (χ4n) is 2.65. The minimum absolute atomic E-state index is 0.124. The molecule has 0 amide bonds. The lowest BCUT2D eigenvalue weighted by molar-refractivity contribution is -0.150. The molecule has 126 valence electrons. The third-order valence-electron chi connectivity index (χ3n) is 3.91. The average molecular weight is 300 g/mol. The van der Waals surface area contributed by atoms with Gasteiger partial charge in [0.25, 0.3) is 0 Å². The van der Waals surface area contributed by atoms with Gasteiger partial charge in [0, 0.05) is 6.04 Å². The molecule has 0 heterocycles. The number of esters is 1. The first-order chi connectivity index (χ1) is 9.91. The van der Waals surface area contributed by atoms with Crippen LogP contribution in [0.5, 0.6) is 0 Å². The van der Waals surface area contributed by atoms with Gasteiger partial charge in [-0.15, -0.1) is 0 Å². The van der Waals surface area contributed by atoms with Crippen molar-refractivity contribution in [1.82, 2.24) is 10.2 Å². The molecular formula is C17H36N2O2. The van der Waals surface area contributed by atoms with Crippen LogP contribution in [0, 0.1) is 0 Å². The van der Waals surface area contributed by atoms with Gasteiger partial charge >= 0.3 is 5.97 Å². The second-order valence-corrected chi connectivity index (χ2v) is 6.17. The van der Waals surface area contributed by atoms with Gasteiger partial charge in [0.1, 0.15) is 5.54 Å². The van der Waals surface area contributed by atoms with Gasteiger partial charge in [-0.25, -0.2) is 0 Å². The van der Waals surface area contributed by atoms with Crippen molar-refractivity contribution in [2.75, 3.05) is 26.2 Å². The van der Waals surface area contributed by atoms with Crippen molar-refractivity contribution in [3.8, 4) is 0 Å². The Morgan fingerprint density at radius 2 is 1.86 bits per heavy atom. The molecule has 0 aliphatic heterocycles. The summed E-state index contributed by atoms with van der Waals surface area (Å²) in [7, 11) is 0. The number of ether oxygens (including phenoxy) is 1. The maximum atomic E-state index is 12.1. The second-order valence-electron chi connectivity index (χ2n) is 6.17. The molecule has 4 nitrogen and oxygen atoms in total. The van der Waals surface area contributed by atoms with Gasteiger partial charge in [-0.2, -0.15) is 0 Å². The van der Waals surface area contributed by atoms with Crippen LogP contribution in [0.15, 0.2) is 0 Å². The smallest absolute Gasteiger partial charge is 0.326 e. The normalized spacial score (nSPS) is 14.5. The fraction of sp³-hybridized carbons (Fsp3) is 0.941. The van der Waals surface area contributed by atoms with Crippen LogP contribution in [0.4, 0.5) is 0 Å². The highest BCUT2D eigenvalue weighted by Crippen LogP contribution is 2.17. The molecule has 0 aromatic rings. The van der Waals surface area contributed by atoms with Crippen molar-refractivity contribution in [3.63, 3.8) is 0 Å². The van der Waals surface area contributed by atoms with Crippen LogP contribution in [0.1, 0.15) is 67.2 Å². The number of nitrogens with one attached hydrogen (secondary N) is 1. The first-order valence-electron chi connectivity index (χ1n) is 8.57. The molecule has 0 aromatic carbocycles. The molecule has 0 radical (unpaired) electrons. The summed E-state index contributed by atoms with van der Waals surface area (Å²) in [5.74, 6) is -0.124. The van der Waals surface area contributed by atoms with E-state index in [0.717, 1.165) is 38.9 Å². The molecular weight excluding hydrogens is 264 g/mol. The van der Waals surface area contributed by atoms with Gasteiger partial charge in [0.05, 0.1) is 6.61 Å². The highest BCUT2D eigenvalue weighted by molar-refractivity contribution is 5.80. The number of hydrogen-bond donors (Lipinski definition) is 1.